The summed E-state index contributed by atoms with van der Waals surface area (Å²) in [4.78, 5) is 1.32. The first kappa shape index (κ1) is 12.9. The van der Waals surface area contributed by atoms with Gasteiger partial charge in [0.25, 0.3) is 0 Å². The maximum absolute atomic E-state index is 5.35. The summed E-state index contributed by atoms with van der Waals surface area (Å²) >= 11 is 1.84. The summed E-state index contributed by atoms with van der Waals surface area (Å²) in [5.74, 6) is 0. The minimum Gasteiger partial charge on any atom is -0.379 e. The Labute approximate surface area is 108 Å². The molecule has 1 aromatic rings. The Kier molecular flexibility index (Phi) is 4.13. The monoisotopic (exact) mass is 251 g/mol. The first-order chi connectivity index (χ1) is 8.05. The predicted molar refractivity (Wildman–Crippen MR) is 73.4 cm³/mol. The fraction of sp³-hybridized carbons (Fsp3) is 0.571. The standard InChI is InChI=1S/C14H21NOS/c1-14(2,3)12-4-6-13(7-5-12)17-15-8-10-16-11-9-15/h4-7H,8-11H2,1-3H3. The van der Waals surface area contributed by atoms with E-state index in [0.717, 1.165) is 26.3 Å². The zero-order chi connectivity index (χ0) is 12.3. The number of hydrogen-bond donors (Lipinski definition) is 0. The number of rotatable bonds is 2. The summed E-state index contributed by atoms with van der Waals surface area (Å²) in [7, 11) is 0. The van der Waals surface area contributed by atoms with Crippen LogP contribution < -0.4 is 0 Å². The molecule has 94 valence electrons. The largest absolute Gasteiger partial charge is 0.379 e. The Bertz CT molecular complexity index is 349. The summed E-state index contributed by atoms with van der Waals surface area (Å²) in [6, 6.07) is 8.92. The topological polar surface area (TPSA) is 12.5 Å². The molecule has 0 amide bonds. The molecule has 3 heteroatoms. The molecule has 2 rings (SSSR count). The Morgan fingerprint density at radius 2 is 1.65 bits per heavy atom. The van der Waals surface area contributed by atoms with E-state index in [1.54, 1.807) is 0 Å². The Morgan fingerprint density at radius 1 is 1.06 bits per heavy atom. The van der Waals surface area contributed by atoms with Gasteiger partial charge in [0.1, 0.15) is 0 Å². The van der Waals surface area contributed by atoms with E-state index < -0.39 is 0 Å². The molecule has 0 atom stereocenters. The lowest BCUT2D eigenvalue weighted by atomic mass is 9.87. The molecular formula is C14H21NOS. The molecule has 1 aromatic carbocycles. The van der Waals surface area contributed by atoms with Crippen LogP contribution in [0.15, 0.2) is 29.2 Å². The quantitative estimate of drug-likeness (QED) is 0.748. The number of morpholine rings is 1. The number of nitrogens with zero attached hydrogens (tertiary/aromatic N) is 1. The highest BCUT2D eigenvalue weighted by molar-refractivity contribution is 7.97. The van der Waals surface area contributed by atoms with Crippen molar-refractivity contribution in [1.29, 1.82) is 0 Å². The summed E-state index contributed by atoms with van der Waals surface area (Å²) in [5, 5.41) is 0. The Morgan fingerprint density at radius 3 is 2.18 bits per heavy atom. The van der Waals surface area contributed by atoms with Crippen LogP contribution in [-0.2, 0) is 10.2 Å². The van der Waals surface area contributed by atoms with Crippen molar-refractivity contribution in [3.8, 4) is 0 Å². The highest BCUT2D eigenvalue weighted by atomic mass is 32.2. The van der Waals surface area contributed by atoms with E-state index in [-0.39, 0.29) is 5.41 Å². The van der Waals surface area contributed by atoms with Crippen molar-refractivity contribution in [1.82, 2.24) is 4.31 Å². The third-order valence-corrected chi connectivity index (χ3v) is 4.03. The third-order valence-electron chi connectivity index (χ3n) is 2.92. The number of ether oxygens (including phenoxy) is 1. The van der Waals surface area contributed by atoms with Gasteiger partial charge in [0.15, 0.2) is 0 Å². The van der Waals surface area contributed by atoms with Crippen LogP contribution in [0.2, 0.25) is 0 Å². The SMILES string of the molecule is CC(C)(C)c1ccc(SN2CCOCC2)cc1. The van der Waals surface area contributed by atoms with E-state index in [9.17, 15) is 0 Å². The summed E-state index contributed by atoms with van der Waals surface area (Å²) in [6.45, 7) is 10.5. The lowest BCUT2D eigenvalue weighted by Gasteiger charge is -2.25. The first-order valence-electron chi connectivity index (χ1n) is 6.17. The minimum atomic E-state index is 0.238. The fourth-order valence-electron chi connectivity index (χ4n) is 1.80. The van der Waals surface area contributed by atoms with E-state index in [1.807, 2.05) is 11.9 Å². The van der Waals surface area contributed by atoms with E-state index in [1.165, 1.54) is 10.5 Å². The molecule has 0 N–H and O–H groups in total. The molecular weight excluding hydrogens is 230 g/mol. The molecule has 0 aliphatic carbocycles. The van der Waals surface area contributed by atoms with Crippen molar-refractivity contribution >= 4 is 11.9 Å². The van der Waals surface area contributed by atoms with Crippen LogP contribution >= 0.6 is 11.9 Å². The van der Waals surface area contributed by atoms with Crippen LogP contribution in [0, 0.1) is 0 Å². The molecule has 1 aliphatic heterocycles. The van der Waals surface area contributed by atoms with Crippen molar-refractivity contribution in [2.45, 2.75) is 31.1 Å². The van der Waals surface area contributed by atoms with Crippen LogP contribution in [0.25, 0.3) is 0 Å². The van der Waals surface area contributed by atoms with Gasteiger partial charge in [-0.25, -0.2) is 4.31 Å². The van der Waals surface area contributed by atoms with E-state index in [0.29, 0.717) is 0 Å². The Balaban J connectivity index is 1.98. The molecule has 2 nitrogen and oxygen atoms in total. The minimum absolute atomic E-state index is 0.238. The Hall–Kier alpha value is -0.510. The molecule has 1 fully saturated rings. The molecule has 1 saturated heterocycles. The number of benzene rings is 1. The zero-order valence-corrected chi connectivity index (χ0v) is 11.7. The lowest BCUT2D eigenvalue weighted by molar-refractivity contribution is 0.0773. The summed E-state index contributed by atoms with van der Waals surface area (Å²) in [6.07, 6.45) is 0. The van der Waals surface area contributed by atoms with Gasteiger partial charge in [0, 0.05) is 18.0 Å². The third kappa shape index (κ3) is 3.73. The normalized spacial score (nSPS) is 18.3. The van der Waals surface area contributed by atoms with Crippen molar-refractivity contribution in [3.05, 3.63) is 29.8 Å². The van der Waals surface area contributed by atoms with Gasteiger partial charge < -0.3 is 4.74 Å². The van der Waals surface area contributed by atoms with Crippen molar-refractivity contribution in [3.63, 3.8) is 0 Å². The maximum Gasteiger partial charge on any atom is 0.0603 e. The lowest BCUT2D eigenvalue weighted by Crippen LogP contribution is -2.30. The van der Waals surface area contributed by atoms with Crippen molar-refractivity contribution in [2.24, 2.45) is 0 Å². The number of hydrogen-bond acceptors (Lipinski definition) is 3. The van der Waals surface area contributed by atoms with Gasteiger partial charge in [-0.15, -0.1) is 0 Å². The van der Waals surface area contributed by atoms with Gasteiger partial charge in [-0.3, -0.25) is 0 Å². The second-order valence-corrected chi connectivity index (χ2v) is 6.58. The first-order valence-corrected chi connectivity index (χ1v) is 6.94. The average molecular weight is 251 g/mol. The van der Waals surface area contributed by atoms with Gasteiger partial charge >= 0.3 is 0 Å². The van der Waals surface area contributed by atoms with E-state index >= 15 is 0 Å². The smallest absolute Gasteiger partial charge is 0.0603 e. The van der Waals surface area contributed by atoms with Crippen molar-refractivity contribution < 1.29 is 4.74 Å². The van der Waals surface area contributed by atoms with Gasteiger partial charge in [-0.05, 0) is 35.1 Å². The molecule has 17 heavy (non-hydrogen) atoms. The summed E-state index contributed by atoms with van der Waals surface area (Å²) < 4.78 is 7.72. The molecule has 0 aromatic heterocycles. The fourth-order valence-corrected chi connectivity index (χ4v) is 2.69. The van der Waals surface area contributed by atoms with Crippen LogP contribution in [-0.4, -0.2) is 30.6 Å². The molecule has 0 bridgehead atoms. The van der Waals surface area contributed by atoms with Crippen molar-refractivity contribution in [2.75, 3.05) is 26.3 Å². The molecule has 1 heterocycles. The summed E-state index contributed by atoms with van der Waals surface area (Å²) in [5.41, 5.74) is 1.63. The van der Waals surface area contributed by atoms with Gasteiger partial charge in [-0.1, -0.05) is 32.9 Å². The van der Waals surface area contributed by atoms with Gasteiger partial charge in [-0.2, -0.15) is 0 Å². The molecule has 0 saturated carbocycles. The molecule has 0 unspecified atom stereocenters. The zero-order valence-electron chi connectivity index (χ0n) is 10.9. The molecule has 0 spiro atoms. The molecule has 0 radical (unpaired) electrons. The van der Waals surface area contributed by atoms with Gasteiger partial charge in [0.2, 0.25) is 0 Å². The van der Waals surface area contributed by atoms with Crippen LogP contribution in [0.5, 0.6) is 0 Å². The van der Waals surface area contributed by atoms with E-state index in [2.05, 4.69) is 49.3 Å². The highest BCUT2D eigenvalue weighted by Crippen LogP contribution is 2.27. The maximum atomic E-state index is 5.35. The van der Waals surface area contributed by atoms with E-state index in [4.69, 9.17) is 4.74 Å². The second kappa shape index (κ2) is 5.42. The molecule has 1 aliphatic rings. The predicted octanol–water partition coefficient (Wildman–Crippen LogP) is 3.32. The van der Waals surface area contributed by atoms with Crippen LogP contribution in [0.4, 0.5) is 0 Å². The average Bonchev–Trinajstić information content (AvgIpc) is 2.30. The highest BCUT2D eigenvalue weighted by Gasteiger charge is 2.14. The van der Waals surface area contributed by atoms with Gasteiger partial charge in [0.05, 0.1) is 13.2 Å². The van der Waals surface area contributed by atoms with Crippen LogP contribution in [0.3, 0.4) is 0 Å². The van der Waals surface area contributed by atoms with Crippen LogP contribution in [0.1, 0.15) is 26.3 Å². The second-order valence-electron chi connectivity index (χ2n) is 5.41.